The Morgan fingerprint density at radius 3 is 2.52 bits per heavy atom. The van der Waals surface area contributed by atoms with Gasteiger partial charge in [-0.25, -0.2) is 0 Å². The number of benzene rings is 2. The van der Waals surface area contributed by atoms with Gasteiger partial charge in [0.1, 0.15) is 12.4 Å². The number of amides is 2. The van der Waals surface area contributed by atoms with Gasteiger partial charge in [-0.05, 0) is 55.2 Å². The van der Waals surface area contributed by atoms with Crippen molar-refractivity contribution in [1.29, 1.82) is 0 Å². The van der Waals surface area contributed by atoms with Crippen molar-refractivity contribution >= 4 is 17.5 Å². The standard InChI is InChI=1S/C24H24N2O3/c1-2-17-29-21-10-7-19(8-11-21)24(28)25-15-13-20(14-16-25)26-22-6-4-3-5-18(22)9-12-23(26)27/h1,3-8,10-11,20H,9,12-17H2. The van der Waals surface area contributed by atoms with E-state index in [9.17, 15) is 9.59 Å². The van der Waals surface area contributed by atoms with Crippen LogP contribution in [0.25, 0.3) is 0 Å². The Bertz CT molecular complexity index is 937. The van der Waals surface area contributed by atoms with E-state index in [2.05, 4.69) is 12.0 Å². The average molecular weight is 388 g/mol. The zero-order valence-electron chi connectivity index (χ0n) is 16.3. The van der Waals surface area contributed by atoms with Crippen LogP contribution in [-0.4, -0.2) is 42.5 Å². The Morgan fingerprint density at radius 1 is 1.07 bits per heavy atom. The number of para-hydroxylation sites is 1. The second-order valence-corrected chi connectivity index (χ2v) is 7.43. The van der Waals surface area contributed by atoms with Crippen molar-refractivity contribution in [3.63, 3.8) is 0 Å². The van der Waals surface area contributed by atoms with E-state index in [0.717, 1.165) is 24.9 Å². The van der Waals surface area contributed by atoms with Crippen LogP contribution in [0.1, 0.15) is 35.2 Å². The fourth-order valence-electron chi connectivity index (χ4n) is 4.18. The maximum absolute atomic E-state index is 12.8. The lowest BCUT2D eigenvalue weighted by atomic mass is 9.95. The summed E-state index contributed by atoms with van der Waals surface area (Å²) >= 11 is 0. The topological polar surface area (TPSA) is 49.9 Å². The van der Waals surface area contributed by atoms with Crippen LogP contribution in [-0.2, 0) is 11.2 Å². The fourth-order valence-corrected chi connectivity index (χ4v) is 4.18. The van der Waals surface area contributed by atoms with Gasteiger partial charge in [-0.2, -0.15) is 0 Å². The fraction of sp³-hybridized carbons (Fsp3) is 0.333. The highest BCUT2D eigenvalue weighted by atomic mass is 16.5. The molecular formula is C24H24N2O3. The Kier molecular flexibility index (Phi) is 5.53. The third kappa shape index (κ3) is 3.97. The zero-order chi connectivity index (χ0) is 20.2. The maximum atomic E-state index is 12.8. The monoisotopic (exact) mass is 388 g/mol. The van der Waals surface area contributed by atoms with Crippen molar-refractivity contribution in [1.82, 2.24) is 4.90 Å². The first kappa shape index (κ1) is 19.1. The predicted molar refractivity (Wildman–Crippen MR) is 112 cm³/mol. The smallest absolute Gasteiger partial charge is 0.253 e. The van der Waals surface area contributed by atoms with Gasteiger partial charge in [0.15, 0.2) is 0 Å². The highest BCUT2D eigenvalue weighted by Crippen LogP contribution is 2.32. The van der Waals surface area contributed by atoms with E-state index in [1.54, 1.807) is 24.3 Å². The van der Waals surface area contributed by atoms with Crippen molar-refractivity contribution in [2.75, 3.05) is 24.6 Å². The quantitative estimate of drug-likeness (QED) is 0.756. The molecule has 0 bridgehead atoms. The molecule has 1 fully saturated rings. The first-order valence-electron chi connectivity index (χ1n) is 10.0. The number of carbonyl (C=O) groups is 2. The summed E-state index contributed by atoms with van der Waals surface area (Å²) in [6.07, 6.45) is 8.13. The first-order valence-corrected chi connectivity index (χ1v) is 10.0. The molecule has 2 aliphatic heterocycles. The highest BCUT2D eigenvalue weighted by Gasteiger charge is 2.33. The minimum absolute atomic E-state index is 0.0114. The summed E-state index contributed by atoms with van der Waals surface area (Å²) < 4.78 is 5.36. The second kappa shape index (κ2) is 8.40. The Balaban J connectivity index is 1.40. The number of fused-ring (bicyclic) bond motifs is 1. The molecule has 0 atom stereocenters. The van der Waals surface area contributed by atoms with Gasteiger partial charge in [0.25, 0.3) is 5.91 Å². The van der Waals surface area contributed by atoms with Crippen LogP contribution in [0.15, 0.2) is 48.5 Å². The molecule has 148 valence electrons. The van der Waals surface area contributed by atoms with E-state index in [0.29, 0.717) is 30.8 Å². The van der Waals surface area contributed by atoms with Gasteiger partial charge in [-0.1, -0.05) is 24.1 Å². The van der Waals surface area contributed by atoms with Gasteiger partial charge in [-0.3, -0.25) is 9.59 Å². The van der Waals surface area contributed by atoms with Gasteiger partial charge in [0, 0.05) is 36.8 Å². The normalized spacial score (nSPS) is 16.9. The number of hydrogen-bond donors (Lipinski definition) is 0. The molecule has 2 amide bonds. The first-order chi connectivity index (χ1) is 14.2. The molecule has 0 unspecified atom stereocenters. The molecule has 2 aromatic rings. The van der Waals surface area contributed by atoms with E-state index in [1.807, 2.05) is 28.0 Å². The molecule has 5 heteroatoms. The number of carbonyl (C=O) groups excluding carboxylic acids is 2. The van der Waals surface area contributed by atoms with Gasteiger partial charge in [-0.15, -0.1) is 6.42 Å². The van der Waals surface area contributed by atoms with Gasteiger partial charge >= 0.3 is 0 Å². The number of aryl methyl sites for hydroxylation is 1. The van der Waals surface area contributed by atoms with E-state index in [1.165, 1.54) is 5.56 Å². The van der Waals surface area contributed by atoms with E-state index in [-0.39, 0.29) is 24.5 Å². The van der Waals surface area contributed by atoms with Crippen molar-refractivity contribution in [3.05, 3.63) is 59.7 Å². The summed E-state index contributed by atoms with van der Waals surface area (Å²) in [6.45, 7) is 1.49. The van der Waals surface area contributed by atoms with Crippen LogP contribution in [0, 0.1) is 12.3 Å². The molecule has 0 aromatic heterocycles. The van der Waals surface area contributed by atoms with Crippen LogP contribution in [0.5, 0.6) is 5.75 Å². The molecule has 1 saturated heterocycles. The second-order valence-electron chi connectivity index (χ2n) is 7.43. The van der Waals surface area contributed by atoms with E-state index >= 15 is 0 Å². The number of likely N-dealkylation sites (tertiary alicyclic amines) is 1. The number of anilines is 1. The van der Waals surface area contributed by atoms with Gasteiger partial charge in [0.05, 0.1) is 0 Å². The Hall–Kier alpha value is -3.26. The molecule has 4 rings (SSSR count). The van der Waals surface area contributed by atoms with Crippen LogP contribution < -0.4 is 9.64 Å². The number of terminal acetylenes is 1. The number of rotatable bonds is 4. The zero-order valence-corrected chi connectivity index (χ0v) is 16.3. The van der Waals surface area contributed by atoms with Gasteiger partial charge in [0.2, 0.25) is 5.91 Å². The average Bonchev–Trinajstić information content (AvgIpc) is 2.78. The Morgan fingerprint density at radius 2 is 1.79 bits per heavy atom. The van der Waals surface area contributed by atoms with Crippen LogP contribution in [0.3, 0.4) is 0 Å². The molecule has 2 aliphatic rings. The highest BCUT2D eigenvalue weighted by molar-refractivity contribution is 5.97. The predicted octanol–water partition coefficient (Wildman–Crippen LogP) is 3.28. The summed E-state index contributed by atoms with van der Waals surface area (Å²) in [5.41, 5.74) is 2.91. The lowest BCUT2D eigenvalue weighted by molar-refractivity contribution is -0.119. The summed E-state index contributed by atoms with van der Waals surface area (Å²) in [6, 6.07) is 15.4. The third-order valence-electron chi connectivity index (χ3n) is 5.67. The minimum atomic E-state index is 0.0114. The number of ether oxygens (including phenoxy) is 1. The molecule has 29 heavy (non-hydrogen) atoms. The molecule has 5 nitrogen and oxygen atoms in total. The molecule has 0 N–H and O–H groups in total. The van der Waals surface area contributed by atoms with Crippen LogP contribution in [0.2, 0.25) is 0 Å². The SMILES string of the molecule is C#CCOc1ccc(C(=O)N2CCC(N3C(=O)CCc4ccccc43)CC2)cc1. The third-order valence-corrected chi connectivity index (χ3v) is 5.67. The van der Waals surface area contributed by atoms with E-state index < -0.39 is 0 Å². The number of hydrogen-bond acceptors (Lipinski definition) is 3. The van der Waals surface area contributed by atoms with Crippen LogP contribution in [0.4, 0.5) is 5.69 Å². The van der Waals surface area contributed by atoms with Crippen molar-refractivity contribution in [2.24, 2.45) is 0 Å². The summed E-state index contributed by atoms with van der Waals surface area (Å²) in [5, 5.41) is 0. The summed E-state index contributed by atoms with van der Waals surface area (Å²) in [7, 11) is 0. The molecule has 0 radical (unpaired) electrons. The van der Waals surface area contributed by atoms with Crippen molar-refractivity contribution in [3.8, 4) is 18.1 Å². The molecular weight excluding hydrogens is 364 g/mol. The minimum Gasteiger partial charge on any atom is -0.481 e. The van der Waals surface area contributed by atoms with Crippen molar-refractivity contribution in [2.45, 2.75) is 31.7 Å². The number of piperidine rings is 1. The maximum Gasteiger partial charge on any atom is 0.253 e. The summed E-state index contributed by atoms with van der Waals surface area (Å²) in [4.78, 5) is 29.3. The largest absolute Gasteiger partial charge is 0.481 e. The molecule has 2 heterocycles. The lowest BCUT2D eigenvalue weighted by Gasteiger charge is -2.41. The van der Waals surface area contributed by atoms with Crippen molar-refractivity contribution < 1.29 is 14.3 Å². The Labute approximate surface area is 171 Å². The molecule has 2 aromatic carbocycles. The molecule has 0 saturated carbocycles. The lowest BCUT2D eigenvalue weighted by Crippen LogP contribution is -2.50. The van der Waals surface area contributed by atoms with Gasteiger partial charge < -0.3 is 14.5 Å². The van der Waals surface area contributed by atoms with Crippen LogP contribution >= 0.6 is 0 Å². The molecule has 0 spiro atoms. The summed E-state index contributed by atoms with van der Waals surface area (Å²) in [5.74, 6) is 3.28. The molecule has 0 aliphatic carbocycles. The number of nitrogens with zero attached hydrogens (tertiary/aromatic N) is 2. The van der Waals surface area contributed by atoms with E-state index in [4.69, 9.17) is 11.2 Å².